The molecular formula is C28H29N3O3. The molecule has 3 heterocycles. The van der Waals surface area contributed by atoms with Gasteiger partial charge in [0.1, 0.15) is 12.3 Å². The molecule has 2 atom stereocenters. The van der Waals surface area contributed by atoms with Crippen LogP contribution in [0.1, 0.15) is 59.6 Å². The number of fused-ring (bicyclic) bond motifs is 5. The Kier molecular flexibility index (Phi) is 5.24. The van der Waals surface area contributed by atoms with E-state index >= 15 is 0 Å². The summed E-state index contributed by atoms with van der Waals surface area (Å²) >= 11 is 0. The maximum Gasteiger partial charge on any atom is 0.410 e. The number of carbonyl (C=O) groups excluding carboxylic acids is 2. The smallest absolute Gasteiger partial charge is 0.410 e. The van der Waals surface area contributed by atoms with Crippen molar-refractivity contribution in [3.63, 3.8) is 0 Å². The summed E-state index contributed by atoms with van der Waals surface area (Å²) in [6.07, 6.45) is 7.43. The van der Waals surface area contributed by atoms with Crippen LogP contribution in [0.5, 0.6) is 0 Å². The molecule has 6 nitrogen and oxygen atoms in total. The van der Waals surface area contributed by atoms with Gasteiger partial charge in [0.2, 0.25) is 0 Å². The molecule has 2 fully saturated rings. The molecule has 6 heteroatoms. The topological polar surface area (TPSA) is 64.4 Å². The van der Waals surface area contributed by atoms with Crippen LogP contribution in [0.25, 0.3) is 11.1 Å². The summed E-state index contributed by atoms with van der Waals surface area (Å²) in [4.78, 5) is 32.5. The van der Waals surface area contributed by atoms with Gasteiger partial charge in [0.15, 0.2) is 5.78 Å². The molecule has 0 saturated carbocycles. The number of rotatable bonds is 4. The van der Waals surface area contributed by atoms with Crippen LogP contribution in [0.15, 0.2) is 61.1 Å². The normalized spacial score (nSPS) is 23.3. The highest BCUT2D eigenvalue weighted by Crippen LogP contribution is 2.45. The van der Waals surface area contributed by atoms with Crippen LogP contribution in [-0.4, -0.2) is 45.0 Å². The molecule has 2 bridgehead atoms. The highest BCUT2D eigenvalue weighted by Gasteiger charge is 2.44. The molecule has 0 spiro atoms. The second kappa shape index (κ2) is 8.42. The lowest BCUT2D eigenvalue weighted by molar-refractivity contribution is 0.00634. The molecule has 34 heavy (non-hydrogen) atoms. The van der Waals surface area contributed by atoms with Crippen molar-refractivity contribution < 1.29 is 14.3 Å². The molecule has 0 radical (unpaired) electrons. The first kappa shape index (κ1) is 21.1. The van der Waals surface area contributed by atoms with Gasteiger partial charge in [-0.1, -0.05) is 48.5 Å². The van der Waals surface area contributed by atoms with Crippen LogP contribution in [0.2, 0.25) is 0 Å². The van der Waals surface area contributed by atoms with E-state index in [1.54, 1.807) is 17.1 Å². The quantitative estimate of drug-likeness (QED) is 0.508. The minimum atomic E-state index is -0.233. The number of aromatic nitrogens is 2. The van der Waals surface area contributed by atoms with E-state index in [1.807, 2.05) is 24.1 Å². The highest BCUT2D eigenvalue weighted by molar-refractivity contribution is 5.96. The van der Waals surface area contributed by atoms with Crippen LogP contribution in [-0.2, 0) is 11.8 Å². The van der Waals surface area contributed by atoms with Gasteiger partial charge in [-0.3, -0.25) is 4.79 Å². The minimum absolute atomic E-state index is 0.0557. The Morgan fingerprint density at radius 1 is 0.971 bits per heavy atom. The number of carbonyl (C=O) groups is 2. The number of benzene rings is 2. The average molecular weight is 456 g/mol. The zero-order valence-corrected chi connectivity index (χ0v) is 19.4. The Morgan fingerprint density at radius 2 is 1.59 bits per heavy atom. The maximum absolute atomic E-state index is 13.4. The number of Topliss-reactive ketones (excluding diaryl/α,β-unsaturated/α-hetero) is 1. The van der Waals surface area contributed by atoms with Crippen molar-refractivity contribution in [3.05, 3.63) is 77.9 Å². The molecule has 2 saturated heterocycles. The minimum Gasteiger partial charge on any atom is -0.448 e. The first-order valence-corrected chi connectivity index (χ1v) is 12.3. The molecule has 1 aromatic heterocycles. The van der Waals surface area contributed by atoms with E-state index in [2.05, 4.69) is 41.4 Å². The molecule has 3 aromatic rings. The number of aryl methyl sites for hydroxylation is 1. The molecule has 1 aliphatic carbocycles. The summed E-state index contributed by atoms with van der Waals surface area (Å²) in [6.45, 7) is 0.334. The van der Waals surface area contributed by atoms with Crippen molar-refractivity contribution in [2.45, 2.75) is 50.1 Å². The summed E-state index contributed by atoms with van der Waals surface area (Å²) < 4.78 is 7.78. The molecule has 2 unspecified atom stereocenters. The lowest BCUT2D eigenvalue weighted by Crippen LogP contribution is -2.56. The van der Waals surface area contributed by atoms with Crippen molar-refractivity contribution in [3.8, 4) is 11.1 Å². The van der Waals surface area contributed by atoms with Gasteiger partial charge in [-0.2, -0.15) is 0 Å². The number of piperidine rings is 2. The van der Waals surface area contributed by atoms with Gasteiger partial charge in [0.05, 0.1) is 12.5 Å². The number of imidazole rings is 1. The zero-order chi connectivity index (χ0) is 23.2. The third kappa shape index (κ3) is 3.44. The van der Waals surface area contributed by atoms with E-state index in [9.17, 15) is 9.59 Å². The van der Waals surface area contributed by atoms with E-state index in [4.69, 9.17) is 4.74 Å². The lowest BCUT2D eigenvalue weighted by atomic mass is 9.76. The molecule has 2 aromatic carbocycles. The number of ether oxygens (including phenoxy) is 1. The predicted octanol–water partition coefficient (Wildman–Crippen LogP) is 5.19. The number of nitrogens with zero attached hydrogens (tertiary/aromatic N) is 3. The molecule has 0 N–H and O–H groups in total. The Balaban J connectivity index is 1.17. The molecular weight excluding hydrogens is 426 g/mol. The van der Waals surface area contributed by atoms with E-state index in [-0.39, 0.29) is 35.8 Å². The number of hydrogen-bond acceptors (Lipinski definition) is 4. The van der Waals surface area contributed by atoms with Crippen molar-refractivity contribution >= 4 is 11.9 Å². The maximum atomic E-state index is 13.4. The fraction of sp³-hybridized carbons (Fsp3) is 0.393. The zero-order valence-electron chi connectivity index (χ0n) is 19.4. The predicted molar refractivity (Wildman–Crippen MR) is 129 cm³/mol. The standard InChI is InChI=1S/C28H29N3O3/c1-30-17-29-15-26(30)27(32)18-13-19-7-6-8-20(14-18)31(19)28(33)34-16-25-23-11-4-2-9-21(23)22-10-3-5-12-24(22)25/h2-5,9-12,15,17-20,25H,6-8,13-14,16H2,1H3. The fourth-order valence-corrected chi connectivity index (χ4v) is 6.37. The van der Waals surface area contributed by atoms with Crippen molar-refractivity contribution in [1.29, 1.82) is 0 Å². The lowest BCUT2D eigenvalue weighted by Gasteiger charge is -2.47. The number of hydrogen-bond donors (Lipinski definition) is 0. The first-order chi connectivity index (χ1) is 16.6. The van der Waals surface area contributed by atoms with Gasteiger partial charge >= 0.3 is 6.09 Å². The second-order valence-electron chi connectivity index (χ2n) is 9.87. The Labute approximate surface area is 199 Å². The Hall–Kier alpha value is -3.41. The van der Waals surface area contributed by atoms with Gasteiger partial charge in [-0.25, -0.2) is 9.78 Å². The SMILES string of the molecule is Cn1cncc1C(=O)C1CC2CCCC(C1)N2C(=O)OCC1c2ccccc2-c2ccccc21. The van der Waals surface area contributed by atoms with E-state index < -0.39 is 0 Å². The molecule has 6 rings (SSSR count). The third-order valence-corrected chi connectivity index (χ3v) is 7.96. The van der Waals surface area contributed by atoms with Crippen LogP contribution >= 0.6 is 0 Å². The van der Waals surface area contributed by atoms with Crippen molar-refractivity contribution in [1.82, 2.24) is 14.5 Å². The van der Waals surface area contributed by atoms with Crippen LogP contribution in [0, 0.1) is 5.92 Å². The Bertz CT molecular complexity index is 1190. The number of amides is 1. The van der Waals surface area contributed by atoms with Gasteiger partial charge in [0, 0.05) is 31.0 Å². The average Bonchev–Trinajstić information content (AvgIpc) is 3.42. The van der Waals surface area contributed by atoms with Gasteiger partial charge < -0.3 is 14.2 Å². The Morgan fingerprint density at radius 3 is 2.18 bits per heavy atom. The van der Waals surface area contributed by atoms with E-state index in [1.165, 1.54) is 22.3 Å². The molecule has 2 aliphatic heterocycles. The second-order valence-corrected chi connectivity index (χ2v) is 9.87. The highest BCUT2D eigenvalue weighted by atomic mass is 16.6. The molecule has 1 amide bonds. The number of ketones is 1. The summed E-state index contributed by atoms with van der Waals surface area (Å²) in [7, 11) is 1.85. The van der Waals surface area contributed by atoms with Crippen LogP contribution in [0.4, 0.5) is 4.79 Å². The summed E-state index contributed by atoms with van der Waals surface area (Å²) in [5.74, 6) is 0.132. The first-order valence-electron chi connectivity index (χ1n) is 12.3. The summed E-state index contributed by atoms with van der Waals surface area (Å²) in [6, 6.07) is 16.9. The van der Waals surface area contributed by atoms with Crippen LogP contribution in [0.3, 0.4) is 0 Å². The van der Waals surface area contributed by atoms with Crippen LogP contribution < -0.4 is 0 Å². The van der Waals surface area contributed by atoms with Gasteiger partial charge in [-0.05, 0) is 54.4 Å². The van der Waals surface area contributed by atoms with Gasteiger partial charge in [-0.15, -0.1) is 0 Å². The van der Waals surface area contributed by atoms with Gasteiger partial charge in [0.25, 0.3) is 0 Å². The van der Waals surface area contributed by atoms with Crippen molar-refractivity contribution in [2.24, 2.45) is 13.0 Å². The third-order valence-electron chi connectivity index (χ3n) is 7.96. The van der Waals surface area contributed by atoms with Crippen molar-refractivity contribution in [2.75, 3.05) is 6.61 Å². The summed E-state index contributed by atoms with van der Waals surface area (Å²) in [5.41, 5.74) is 5.54. The monoisotopic (exact) mass is 455 g/mol. The largest absolute Gasteiger partial charge is 0.448 e. The van der Waals surface area contributed by atoms with E-state index in [0.717, 1.165) is 19.3 Å². The molecule has 174 valence electrons. The summed E-state index contributed by atoms with van der Waals surface area (Å²) in [5, 5.41) is 0. The fourth-order valence-electron chi connectivity index (χ4n) is 6.37. The molecule has 3 aliphatic rings. The van der Waals surface area contributed by atoms with E-state index in [0.29, 0.717) is 25.1 Å².